The number of benzene rings is 1. The maximum absolute atomic E-state index is 10.3. The molecule has 1 aliphatic rings. The highest BCUT2D eigenvalue weighted by atomic mass is 16.3. The maximum Gasteiger partial charge on any atom is 0.0596 e. The van der Waals surface area contributed by atoms with Gasteiger partial charge in [-0.05, 0) is 18.4 Å². The van der Waals surface area contributed by atoms with Crippen molar-refractivity contribution in [3.05, 3.63) is 53.9 Å². The lowest BCUT2D eigenvalue weighted by atomic mass is 9.88. The van der Waals surface area contributed by atoms with Gasteiger partial charge in [-0.1, -0.05) is 30.3 Å². The van der Waals surface area contributed by atoms with Gasteiger partial charge >= 0.3 is 0 Å². The molecule has 0 saturated carbocycles. The van der Waals surface area contributed by atoms with Crippen molar-refractivity contribution in [3.63, 3.8) is 0 Å². The second kappa shape index (κ2) is 6.41. The molecule has 4 heteroatoms. The highest BCUT2D eigenvalue weighted by Gasteiger charge is 2.27. The Hall–Kier alpha value is -1.65. The molecule has 0 aliphatic carbocycles. The van der Waals surface area contributed by atoms with E-state index >= 15 is 0 Å². The Labute approximate surface area is 126 Å². The van der Waals surface area contributed by atoms with Crippen LogP contribution in [0.3, 0.4) is 0 Å². The number of hydrogen-bond donors (Lipinski definition) is 1. The molecule has 4 nitrogen and oxygen atoms in total. The van der Waals surface area contributed by atoms with E-state index in [9.17, 15) is 5.11 Å². The third kappa shape index (κ3) is 3.71. The quantitative estimate of drug-likeness (QED) is 0.932. The largest absolute Gasteiger partial charge is 0.393 e. The summed E-state index contributed by atoms with van der Waals surface area (Å²) in [5, 5.41) is 14.5. The molecule has 21 heavy (non-hydrogen) atoms. The normalized spacial score (nSPS) is 23.3. The molecule has 2 aromatic rings. The number of aryl methyl sites for hydroxylation is 1. The fourth-order valence-electron chi connectivity index (χ4n) is 3.17. The van der Waals surface area contributed by atoms with E-state index in [1.54, 1.807) is 0 Å². The van der Waals surface area contributed by atoms with Gasteiger partial charge in [0.25, 0.3) is 0 Å². The number of piperidine rings is 1. The molecule has 0 amide bonds. The molecule has 0 radical (unpaired) electrons. The molecule has 2 atom stereocenters. The van der Waals surface area contributed by atoms with Gasteiger partial charge in [0, 0.05) is 44.4 Å². The number of aliphatic hydroxyl groups excluding tert-OH is 1. The van der Waals surface area contributed by atoms with E-state index in [1.165, 1.54) is 11.1 Å². The van der Waals surface area contributed by atoms with Crippen molar-refractivity contribution < 1.29 is 5.11 Å². The second-order valence-corrected chi connectivity index (χ2v) is 6.06. The number of aromatic nitrogens is 2. The summed E-state index contributed by atoms with van der Waals surface area (Å²) in [5.74, 6) is 0.317. The smallest absolute Gasteiger partial charge is 0.0596 e. The molecule has 0 spiro atoms. The zero-order valence-electron chi connectivity index (χ0n) is 12.5. The standard InChI is InChI=1S/C17H23N3O/c1-19-11-15(10-18-19)12-20-8-7-17(21)16(13-20)9-14-5-3-2-4-6-14/h2-6,10-11,16-17,21H,7-9,12-13H2,1H3/t16-,17+/m1/s1. The summed E-state index contributed by atoms with van der Waals surface area (Å²) in [5.41, 5.74) is 2.55. The molecule has 3 rings (SSSR count). The predicted octanol–water partition coefficient (Wildman–Crippen LogP) is 1.85. The lowest BCUT2D eigenvalue weighted by Crippen LogP contribution is -2.43. The van der Waals surface area contributed by atoms with Gasteiger partial charge in [0.1, 0.15) is 0 Å². The summed E-state index contributed by atoms with van der Waals surface area (Å²) in [4.78, 5) is 2.43. The Morgan fingerprint density at radius 1 is 1.24 bits per heavy atom. The van der Waals surface area contributed by atoms with E-state index < -0.39 is 0 Å². The van der Waals surface area contributed by atoms with Gasteiger partial charge in [-0.3, -0.25) is 9.58 Å². The third-order valence-corrected chi connectivity index (χ3v) is 4.28. The number of nitrogens with zero attached hydrogens (tertiary/aromatic N) is 3. The summed E-state index contributed by atoms with van der Waals surface area (Å²) >= 11 is 0. The third-order valence-electron chi connectivity index (χ3n) is 4.28. The number of hydrogen-bond acceptors (Lipinski definition) is 3. The number of aliphatic hydroxyl groups is 1. The minimum Gasteiger partial charge on any atom is -0.393 e. The molecule has 1 fully saturated rings. The van der Waals surface area contributed by atoms with Crippen LogP contribution in [0.5, 0.6) is 0 Å². The molecule has 1 saturated heterocycles. The Morgan fingerprint density at radius 3 is 2.76 bits per heavy atom. The first-order valence-electron chi connectivity index (χ1n) is 7.62. The minimum absolute atomic E-state index is 0.185. The van der Waals surface area contributed by atoms with Crippen molar-refractivity contribution in [2.45, 2.75) is 25.5 Å². The van der Waals surface area contributed by atoms with Gasteiger partial charge in [0.05, 0.1) is 12.3 Å². The van der Waals surface area contributed by atoms with Crippen molar-refractivity contribution in [2.75, 3.05) is 13.1 Å². The van der Waals surface area contributed by atoms with Crippen molar-refractivity contribution >= 4 is 0 Å². The van der Waals surface area contributed by atoms with Gasteiger partial charge in [-0.25, -0.2) is 0 Å². The van der Waals surface area contributed by atoms with Crippen LogP contribution >= 0.6 is 0 Å². The number of rotatable bonds is 4. The Balaban J connectivity index is 1.61. The van der Waals surface area contributed by atoms with E-state index in [4.69, 9.17) is 0 Å². The topological polar surface area (TPSA) is 41.3 Å². The molecule has 1 aromatic carbocycles. The Kier molecular flexibility index (Phi) is 4.36. The summed E-state index contributed by atoms with van der Waals surface area (Å²) in [6.45, 7) is 2.83. The molecule has 1 aliphatic heterocycles. The van der Waals surface area contributed by atoms with E-state index in [1.807, 2.05) is 24.0 Å². The first kappa shape index (κ1) is 14.3. The van der Waals surface area contributed by atoms with E-state index in [2.05, 4.69) is 40.5 Å². The molecule has 2 heterocycles. The Morgan fingerprint density at radius 2 is 2.05 bits per heavy atom. The van der Waals surface area contributed by atoms with Crippen LogP contribution in [0.1, 0.15) is 17.5 Å². The van der Waals surface area contributed by atoms with Crippen LogP contribution in [0.15, 0.2) is 42.7 Å². The van der Waals surface area contributed by atoms with Crippen LogP contribution in [0, 0.1) is 5.92 Å². The molecule has 112 valence electrons. The summed E-state index contributed by atoms with van der Waals surface area (Å²) in [6, 6.07) is 10.5. The first-order valence-corrected chi connectivity index (χ1v) is 7.62. The lowest BCUT2D eigenvalue weighted by Gasteiger charge is -2.36. The van der Waals surface area contributed by atoms with Crippen LogP contribution in [0.4, 0.5) is 0 Å². The average molecular weight is 285 g/mol. The predicted molar refractivity (Wildman–Crippen MR) is 82.7 cm³/mol. The summed E-state index contributed by atoms with van der Waals surface area (Å²) in [7, 11) is 1.95. The monoisotopic (exact) mass is 285 g/mol. The highest BCUT2D eigenvalue weighted by molar-refractivity contribution is 5.16. The second-order valence-electron chi connectivity index (χ2n) is 6.06. The van der Waals surface area contributed by atoms with Crippen LogP contribution in [-0.4, -0.2) is 39.0 Å². The molecule has 1 aromatic heterocycles. The molecular weight excluding hydrogens is 262 g/mol. The maximum atomic E-state index is 10.3. The van der Waals surface area contributed by atoms with Gasteiger partial charge in [0.2, 0.25) is 0 Å². The average Bonchev–Trinajstić information content (AvgIpc) is 2.89. The van der Waals surface area contributed by atoms with Crippen LogP contribution in [-0.2, 0) is 20.0 Å². The lowest BCUT2D eigenvalue weighted by molar-refractivity contribution is 0.0239. The molecular formula is C17H23N3O. The summed E-state index contributed by atoms with van der Waals surface area (Å²) < 4.78 is 1.84. The van der Waals surface area contributed by atoms with Crippen molar-refractivity contribution in [1.82, 2.24) is 14.7 Å². The first-order chi connectivity index (χ1) is 10.2. The van der Waals surface area contributed by atoms with Gasteiger partial charge < -0.3 is 5.11 Å². The fraction of sp³-hybridized carbons (Fsp3) is 0.471. The molecule has 0 unspecified atom stereocenters. The van der Waals surface area contributed by atoms with Gasteiger partial charge in [-0.15, -0.1) is 0 Å². The SMILES string of the molecule is Cn1cc(CN2CC[C@H](O)[C@H](Cc3ccccc3)C2)cn1. The van der Waals surface area contributed by atoms with E-state index in [0.717, 1.165) is 32.5 Å². The summed E-state index contributed by atoms with van der Waals surface area (Å²) in [6.07, 6.45) is 5.62. The zero-order chi connectivity index (χ0) is 14.7. The zero-order valence-corrected chi connectivity index (χ0v) is 12.5. The van der Waals surface area contributed by atoms with E-state index in [-0.39, 0.29) is 6.10 Å². The van der Waals surface area contributed by atoms with E-state index in [0.29, 0.717) is 5.92 Å². The van der Waals surface area contributed by atoms with Gasteiger partial charge in [0.15, 0.2) is 0 Å². The highest BCUT2D eigenvalue weighted by Crippen LogP contribution is 2.22. The Bertz CT molecular complexity index is 566. The number of likely N-dealkylation sites (tertiary alicyclic amines) is 1. The molecule has 1 N–H and O–H groups in total. The fourth-order valence-corrected chi connectivity index (χ4v) is 3.17. The van der Waals surface area contributed by atoms with Crippen molar-refractivity contribution in [2.24, 2.45) is 13.0 Å². The van der Waals surface area contributed by atoms with Crippen molar-refractivity contribution in [3.8, 4) is 0 Å². The van der Waals surface area contributed by atoms with Crippen LogP contribution < -0.4 is 0 Å². The van der Waals surface area contributed by atoms with Gasteiger partial charge in [-0.2, -0.15) is 5.10 Å². The van der Waals surface area contributed by atoms with Crippen molar-refractivity contribution in [1.29, 1.82) is 0 Å². The minimum atomic E-state index is -0.185. The molecule has 0 bridgehead atoms. The van der Waals surface area contributed by atoms with Crippen LogP contribution in [0.2, 0.25) is 0 Å². The van der Waals surface area contributed by atoms with Crippen LogP contribution in [0.25, 0.3) is 0 Å².